The lowest BCUT2D eigenvalue weighted by Gasteiger charge is -2.55. The molecule has 6 nitrogen and oxygen atoms in total. The van der Waals surface area contributed by atoms with E-state index in [1.54, 1.807) is 0 Å². The quantitative estimate of drug-likeness (QED) is 0.702. The smallest absolute Gasteiger partial charge is 0.269 e. The Morgan fingerprint density at radius 3 is 2.23 bits per heavy atom. The van der Waals surface area contributed by atoms with Gasteiger partial charge in [0, 0.05) is 11.0 Å². The summed E-state index contributed by atoms with van der Waals surface area (Å²) in [6.45, 7) is 0. The monoisotopic (exact) mass is 400 g/mol. The van der Waals surface area contributed by atoms with Crippen molar-refractivity contribution in [3.8, 4) is 22.8 Å². The van der Waals surface area contributed by atoms with Crippen molar-refractivity contribution in [3.63, 3.8) is 0 Å². The third-order valence-electron chi connectivity index (χ3n) is 7.35. The molecule has 4 fully saturated rings. The van der Waals surface area contributed by atoms with E-state index in [2.05, 4.69) is 21.2 Å². The van der Waals surface area contributed by atoms with E-state index in [0.29, 0.717) is 17.3 Å². The topological polar surface area (TPSA) is 94.9 Å². The molecule has 4 bridgehead atoms. The van der Waals surface area contributed by atoms with E-state index in [1.807, 2.05) is 36.4 Å². The summed E-state index contributed by atoms with van der Waals surface area (Å²) in [6, 6.07) is 13.4. The van der Waals surface area contributed by atoms with E-state index in [4.69, 9.17) is 10.2 Å². The molecule has 0 unspecified atom stereocenters. The van der Waals surface area contributed by atoms with Gasteiger partial charge in [0.15, 0.2) is 11.5 Å². The molecule has 30 heavy (non-hydrogen) atoms. The molecular weight excluding hydrogens is 376 g/mol. The Kier molecular flexibility index (Phi) is 3.85. The van der Waals surface area contributed by atoms with Gasteiger partial charge in [0.2, 0.25) is 5.82 Å². The van der Waals surface area contributed by atoms with Crippen LogP contribution in [0.3, 0.4) is 0 Å². The van der Waals surface area contributed by atoms with Crippen LogP contribution in [0.1, 0.15) is 54.8 Å². The van der Waals surface area contributed by atoms with Crippen LogP contribution >= 0.6 is 0 Å². The Bertz CT molecular complexity index is 1090. The van der Waals surface area contributed by atoms with Gasteiger partial charge in [-0.1, -0.05) is 30.3 Å². The molecule has 4 aliphatic carbocycles. The van der Waals surface area contributed by atoms with Crippen molar-refractivity contribution in [1.29, 1.82) is 0 Å². The highest BCUT2D eigenvalue weighted by Crippen LogP contribution is 2.61. The van der Waals surface area contributed by atoms with E-state index in [1.165, 1.54) is 38.5 Å². The number of carbonyl (C=O) groups excluding carboxylic acids is 1. The zero-order valence-electron chi connectivity index (χ0n) is 16.8. The number of furan rings is 1. The number of nitrogens with two attached hydrogens (primary N) is 1. The van der Waals surface area contributed by atoms with Gasteiger partial charge in [0.25, 0.3) is 5.91 Å². The predicted molar refractivity (Wildman–Crippen MR) is 111 cm³/mol. The maximum absolute atomic E-state index is 12.1. The Balaban J connectivity index is 1.36. The molecule has 1 amide bonds. The van der Waals surface area contributed by atoms with Gasteiger partial charge in [-0.05, 0) is 68.4 Å². The van der Waals surface area contributed by atoms with Crippen molar-refractivity contribution < 1.29 is 9.21 Å². The molecule has 2 N–H and O–H groups in total. The molecule has 0 spiro atoms. The van der Waals surface area contributed by atoms with Crippen LogP contribution in [0.15, 0.2) is 46.9 Å². The lowest BCUT2D eigenvalue weighted by molar-refractivity contribution is -0.0149. The minimum Gasteiger partial charge on any atom is -0.457 e. The number of nitrogens with zero attached hydrogens (tertiary/aromatic N) is 3. The Morgan fingerprint density at radius 1 is 0.933 bits per heavy atom. The molecule has 2 heterocycles. The molecule has 0 atom stereocenters. The average Bonchev–Trinajstić information content (AvgIpc) is 3.24. The number of aromatic nitrogens is 3. The molecule has 2 aromatic heterocycles. The van der Waals surface area contributed by atoms with E-state index in [9.17, 15) is 4.79 Å². The van der Waals surface area contributed by atoms with Crippen LogP contribution < -0.4 is 5.73 Å². The minimum absolute atomic E-state index is 0.110. The summed E-state index contributed by atoms with van der Waals surface area (Å²) >= 11 is 0. The number of carbonyl (C=O) groups is 1. The van der Waals surface area contributed by atoms with Crippen molar-refractivity contribution in [2.75, 3.05) is 0 Å². The van der Waals surface area contributed by atoms with Crippen LogP contribution in [0.2, 0.25) is 0 Å². The molecule has 3 aromatic rings. The first kappa shape index (κ1) is 17.8. The van der Waals surface area contributed by atoms with Gasteiger partial charge in [-0.25, -0.2) is 4.98 Å². The number of benzene rings is 1. The number of rotatable bonds is 4. The number of amides is 1. The normalized spacial score (nSPS) is 29.3. The molecule has 0 saturated heterocycles. The van der Waals surface area contributed by atoms with Gasteiger partial charge in [-0.3, -0.25) is 4.79 Å². The molecule has 6 heteroatoms. The molecular formula is C24H24N4O2. The lowest BCUT2D eigenvalue weighted by atomic mass is 9.49. The van der Waals surface area contributed by atoms with Gasteiger partial charge >= 0.3 is 0 Å². The second-order valence-corrected chi connectivity index (χ2v) is 9.42. The molecule has 4 saturated carbocycles. The van der Waals surface area contributed by atoms with Gasteiger partial charge < -0.3 is 10.2 Å². The highest BCUT2D eigenvalue weighted by Gasteiger charge is 2.53. The Labute approximate surface area is 174 Å². The van der Waals surface area contributed by atoms with Crippen molar-refractivity contribution in [2.24, 2.45) is 23.5 Å². The van der Waals surface area contributed by atoms with Crippen LogP contribution in [0.25, 0.3) is 22.8 Å². The SMILES string of the molecule is NC(=O)c1nc(-c2ccc(C34CC5CC(CC(C5)C3)C4)o2)nnc1-c1ccccc1. The summed E-state index contributed by atoms with van der Waals surface area (Å²) in [5.41, 5.74) is 7.03. The van der Waals surface area contributed by atoms with Gasteiger partial charge in [-0.2, -0.15) is 0 Å². The predicted octanol–water partition coefficient (Wildman–Crippen LogP) is 4.37. The van der Waals surface area contributed by atoms with Gasteiger partial charge in [0.1, 0.15) is 11.5 Å². The van der Waals surface area contributed by atoms with Crippen molar-refractivity contribution in [1.82, 2.24) is 15.2 Å². The van der Waals surface area contributed by atoms with E-state index < -0.39 is 5.91 Å². The maximum atomic E-state index is 12.1. The largest absolute Gasteiger partial charge is 0.457 e. The Morgan fingerprint density at radius 2 is 1.60 bits per heavy atom. The number of primary amides is 1. The van der Waals surface area contributed by atoms with Crippen LogP contribution in [-0.4, -0.2) is 21.1 Å². The summed E-state index contributed by atoms with van der Waals surface area (Å²) in [6.07, 6.45) is 7.86. The standard InChI is InChI=1S/C24H24N4O2/c25-22(29)21-20(17-4-2-1-3-5-17)27-28-23(26-21)18-6-7-19(30-18)24-11-14-8-15(12-24)10-16(9-14)13-24/h1-7,14-16H,8-13H2,(H2,25,29). The van der Waals surface area contributed by atoms with E-state index >= 15 is 0 Å². The highest BCUT2D eigenvalue weighted by molar-refractivity contribution is 5.97. The summed E-state index contributed by atoms with van der Waals surface area (Å²) in [5.74, 6) is 3.80. The minimum atomic E-state index is -0.627. The second kappa shape index (κ2) is 6.49. The summed E-state index contributed by atoms with van der Waals surface area (Å²) in [4.78, 5) is 16.5. The first-order valence-electron chi connectivity index (χ1n) is 10.8. The zero-order valence-corrected chi connectivity index (χ0v) is 16.8. The number of hydrogen-bond acceptors (Lipinski definition) is 5. The molecule has 152 valence electrons. The molecule has 1 aromatic carbocycles. The summed E-state index contributed by atoms with van der Waals surface area (Å²) < 4.78 is 6.32. The first-order valence-corrected chi connectivity index (χ1v) is 10.8. The molecule has 4 aliphatic rings. The van der Waals surface area contributed by atoms with Crippen LogP contribution in [0.4, 0.5) is 0 Å². The molecule has 0 aliphatic heterocycles. The fourth-order valence-corrected chi connectivity index (χ4v) is 6.55. The highest BCUT2D eigenvalue weighted by atomic mass is 16.3. The summed E-state index contributed by atoms with van der Waals surface area (Å²) in [5, 5.41) is 8.54. The number of hydrogen-bond donors (Lipinski definition) is 1. The fourth-order valence-electron chi connectivity index (χ4n) is 6.55. The molecule has 7 rings (SSSR count). The van der Waals surface area contributed by atoms with Crippen LogP contribution in [0, 0.1) is 17.8 Å². The van der Waals surface area contributed by atoms with E-state index in [-0.39, 0.29) is 11.1 Å². The average molecular weight is 400 g/mol. The summed E-state index contributed by atoms with van der Waals surface area (Å²) in [7, 11) is 0. The zero-order chi connectivity index (χ0) is 20.3. The van der Waals surface area contributed by atoms with Crippen LogP contribution in [-0.2, 0) is 5.41 Å². The van der Waals surface area contributed by atoms with Crippen molar-refractivity contribution in [3.05, 3.63) is 53.9 Å². The van der Waals surface area contributed by atoms with Gasteiger partial charge in [0.05, 0.1) is 0 Å². The lowest BCUT2D eigenvalue weighted by Crippen LogP contribution is -2.48. The maximum Gasteiger partial charge on any atom is 0.269 e. The third-order valence-corrected chi connectivity index (χ3v) is 7.35. The van der Waals surface area contributed by atoms with E-state index in [0.717, 1.165) is 29.1 Å². The Hall–Kier alpha value is -3.02. The van der Waals surface area contributed by atoms with Crippen LogP contribution in [0.5, 0.6) is 0 Å². The van der Waals surface area contributed by atoms with Crippen molar-refractivity contribution >= 4 is 5.91 Å². The van der Waals surface area contributed by atoms with Gasteiger partial charge in [-0.15, -0.1) is 10.2 Å². The second-order valence-electron chi connectivity index (χ2n) is 9.42. The van der Waals surface area contributed by atoms with Crippen molar-refractivity contribution in [2.45, 2.75) is 43.9 Å². The fraction of sp³-hybridized carbons (Fsp3) is 0.417. The molecule has 0 radical (unpaired) electrons. The first-order chi connectivity index (χ1) is 14.6. The third kappa shape index (κ3) is 2.77.